The second-order valence-electron chi connectivity index (χ2n) is 6.30. The zero-order chi connectivity index (χ0) is 18.4. The minimum atomic E-state index is -1.07. The summed E-state index contributed by atoms with van der Waals surface area (Å²) in [5, 5.41) is 14.1. The van der Waals surface area contributed by atoms with Gasteiger partial charge >= 0.3 is 5.97 Å². The number of nitrogens with zero attached hydrogens (tertiary/aromatic N) is 1. The Hall–Kier alpha value is -2.31. The number of nitrogens with one attached hydrogen (secondary N) is 2. The number of hydrogen-bond acceptors (Lipinski definition) is 3. The summed E-state index contributed by atoms with van der Waals surface area (Å²) in [6.45, 7) is 10.0. The number of hydrogen-bond donors (Lipinski definition) is 3. The van der Waals surface area contributed by atoms with Crippen molar-refractivity contribution in [1.29, 1.82) is 0 Å². The van der Waals surface area contributed by atoms with Crippen LogP contribution in [0.2, 0.25) is 0 Å². The van der Waals surface area contributed by atoms with Gasteiger partial charge in [0.15, 0.2) is 0 Å². The van der Waals surface area contributed by atoms with E-state index in [1.165, 1.54) is 0 Å². The van der Waals surface area contributed by atoms with Crippen LogP contribution in [-0.4, -0.2) is 40.0 Å². The average Bonchev–Trinajstić information content (AvgIpc) is 2.78. The molecule has 0 saturated heterocycles. The number of carbonyl (C=O) groups is 3. The Morgan fingerprint density at radius 3 is 2.33 bits per heavy atom. The van der Waals surface area contributed by atoms with Crippen LogP contribution in [0.5, 0.6) is 0 Å². The second kappa shape index (κ2) is 8.52. The maximum Gasteiger partial charge on any atom is 0.326 e. The minimum Gasteiger partial charge on any atom is -0.480 e. The van der Waals surface area contributed by atoms with Crippen molar-refractivity contribution in [1.82, 2.24) is 15.2 Å². The number of carboxylic acids is 1. The fourth-order valence-corrected chi connectivity index (χ4v) is 2.71. The maximum atomic E-state index is 12.2. The van der Waals surface area contributed by atoms with Gasteiger partial charge in [-0.15, -0.1) is 0 Å². The zero-order valence-electron chi connectivity index (χ0n) is 15.0. The van der Waals surface area contributed by atoms with Crippen LogP contribution in [0.4, 0.5) is 0 Å². The molecule has 0 bridgehead atoms. The molecule has 2 amide bonds. The van der Waals surface area contributed by atoms with Crippen molar-refractivity contribution in [2.75, 3.05) is 6.54 Å². The van der Waals surface area contributed by atoms with Gasteiger partial charge in [-0.1, -0.05) is 13.8 Å². The van der Waals surface area contributed by atoms with E-state index in [4.69, 9.17) is 5.11 Å². The first-order valence-electron chi connectivity index (χ1n) is 8.14. The van der Waals surface area contributed by atoms with E-state index in [0.29, 0.717) is 12.0 Å². The summed E-state index contributed by atoms with van der Waals surface area (Å²) in [5.74, 6) is -1.79. The highest BCUT2D eigenvalue weighted by molar-refractivity contribution is 5.98. The first kappa shape index (κ1) is 19.7. The van der Waals surface area contributed by atoms with Gasteiger partial charge in [0.25, 0.3) is 5.91 Å². The number of carbonyl (C=O) groups excluding carboxylic acids is 2. The molecule has 0 unspecified atom stereocenters. The first-order chi connectivity index (χ1) is 11.2. The number of aryl methyl sites for hydroxylation is 1. The van der Waals surface area contributed by atoms with Gasteiger partial charge in [0.05, 0.1) is 12.1 Å². The van der Waals surface area contributed by atoms with Gasteiger partial charge in [0, 0.05) is 17.9 Å². The van der Waals surface area contributed by atoms with E-state index in [9.17, 15) is 14.4 Å². The molecule has 0 aromatic carbocycles. The fourth-order valence-electron chi connectivity index (χ4n) is 2.71. The molecule has 1 atom stereocenters. The lowest BCUT2D eigenvalue weighted by Gasteiger charge is -2.16. The maximum absolute atomic E-state index is 12.2. The molecule has 0 spiro atoms. The lowest BCUT2D eigenvalue weighted by molar-refractivity contribution is -0.142. The van der Waals surface area contributed by atoms with Crippen LogP contribution in [0.15, 0.2) is 6.07 Å². The summed E-state index contributed by atoms with van der Waals surface area (Å²) in [5.41, 5.74) is 2.35. The Labute approximate surface area is 142 Å². The van der Waals surface area contributed by atoms with Crippen molar-refractivity contribution < 1.29 is 19.5 Å². The Balaban J connectivity index is 2.63. The number of aliphatic carboxylic acids is 1. The van der Waals surface area contributed by atoms with E-state index in [0.717, 1.165) is 17.9 Å². The van der Waals surface area contributed by atoms with Gasteiger partial charge < -0.3 is 20.3 Å². The molecule has 3 N–H and O–H groups in total. The van der Waals surface area contributed by atoms with Crippen molar-refractivity contribution in [2.24, 2.45) is 5.92 Å². The predicted molar refractivity (Wildman–Crippen MR) is 90.9 cm³/mol. The highest BCUT2D eigenvalue weighted by Crippen LogP contribution is 2.14. The van der Waals surface area contributed by atoms with Crippen molar-refractivity contribution in [2.45, 2.75) is 53.6 Å². The summed E-state index contributed by atoms with van der Waals surface area (Å²) in [7, 11) is 0. The molecule has 134 valence electrons. The molecule has 0 saturated carbocycles. The van der Waals surface area contributed by atoms with Crippen LogP contribution in [0.1, 0.15) is 48.9 Å². The molecule has 7 heteroatoms. The zero-order valence-corrected chi connectivity index (χ0v) is 15.0. The summed E-state index contributed by atoms with van der Waals surface area (Å²) < 4.78 is 2.01. The number of rotatable bonds is 8. The van der Waals surface area contributed by atoms with Gasteiger partial charge in [-0.3, -0.25) is 9.59 Å². The molecule has 1 rings (SSSR count). The molecule has 0 aliphatic rings. The van der Waals surface area contributed by atoms with E-state index < -0.39 is 17.9 Å². The van der Waals surface area contributed by atoms with Crippen molar-refractivity contribution in [3.63, 3.8) is 0 Å². The molecule has 1 aromatic heterocycles. The lowest BCUT2D eigenvalue weighted by atomic mass is 10.0. The number of aromatic nitrogens is 1. The third-order valence-corrected chi connectivity index (χ3v) is 3.88. The highest BCUT2D eigenvalue weighted by atomic mass is 16.4. The van der Waals surface area contributed by atoms with Crippen molar-refractivity contribution >= 4 is 17.8 Å². The lowest BCUT2D eigenvalue weighted by Crippen LogP contribution is -2.46. The van der Waals surface area contributed by atoms with E-state index in [1.54, 1.807) is 6.07 Å². The topological polar surface area (TPSA) is 100 Å². The van der Waals surface area contributed by atoms with Crippen LogP contribution < -0.4 is 10.6 Å². The largest absolute Gasteiger partial charge is 0.480 e. The average molecular weight is 337 g/mol. The van der Waals surface area contributed by atoms with Crippen LogP contribution >= 0.6 is 0 Å². The second-order valence-corrected chi connectivity index (χ2v) is 6.30. The normalized spacial score (nSPS) is 12.1. The van der Waals surface area contributed by atoms with Crippen LogP contribution in [-0.2, 0) is 16.1 Å². The molecule has 0 aliphatic carbocycles. The minimum absolute atomic E-state index is 0.139. The molecule has 0 radical (unpaired) electrons. The monoisotopic (exact) mass is 337 g/mol. The third-order valence-electron chi connectivity index (χ3n) is 3.88. The fraction of sp³-hybridized carbons (Fsp3) is 0.588. The predicted octanol–water partition coefficient (Wildman–Crippen LogP) is 1.47. The van der Waals surface area contributed by atoms with Gasteiger partial charge in [-0.25, -0.2) is 4.79 Å². The van der Waals surface area contributed by atoms with E-state index in [1.807, 2.05) is 39.2 Å². The third kappa shape index (κ3) is 5.11. The van der Waals surface area contributed by atoms with Gasteiger partial charge in [-0.05, 0) is 39.2 Å². The number of amides is 2. The van der Waals surface area contributed by atoms with Gasteiger partial charge in [0.2, 0.25) is 5.91 Å². The number of carboxylic acid groups (broad SMARTS) is 1. The molecular formula is C17H27N3O4. The smallest absolute Gasteiger partial charge is 0.326 e. The summed E-state index contributed by atoms with van der Waals surface area (Å²) in [4.78, 5) is 35.3. The van der Waals surface area contributed by atoms with E-state index in [2.05, 4.69) is 10.6 Å². The molecule has 7 nitrogen and oxygen atoms in total. The molecule has 1 heterocycles. The van der Waals surface area contributed by atoms with E-state index >= 15 is 0 Å². The van der Waals surface area contributed by atoms with Gasteiger partial charge in [0.1, 0.15) is 6.04 Å². The molecule has 24 heavy (non-hydrogen) atoms. The molecule has 1 aromatic rings. The van der Waals surface area contributed by atoms with Crippen LogP contribution in [0.3, 0.4) is 0 Å². The Morgan fingerprint density at radius 1 is 1.25 bits per heavy atom. The van der Waals surface area contributed by atoms with Gasteiger partial charge in [-0.2, -0.15) is 0 Å². The Kier molecular flexibility index (Phi) is 7.00. The molecular weight excluding hydrogens is 310 g/mol. The van der Waals surface area contributed by atoms with Crippen molar-refractivity contribution in [3.05, 3.63) is 23.0 Å². The molecule has 0 fully saturated rings. The summed E-state index contributed by atoms with van der Waals surface area (Å²) in [6.07, 6.45) is 0.340. The Morgan fingerprint density at radius 2 is 1.88 bits per heavy atom. The first-order valence-corrected chi connectivity index (χ1v) is 8.14. The van der Waals surface area contributed by atoms with Crippen LogP contribution in [0.25, 0.3) is 0 Å². The Bertz CT molecular complexity index is 620. The van der Waals surface area contributed by atoms with Crippen LogP contribution in [0, 0.1) is 19.8 Å². The SMILES string of the molecule is CCn1c(C)cc(C(=O)NCC(=O)N[C@@H](CC(C)C)C(=O)O)c1C. The molecule has 0 aliphatic heterocycles. The highest BCUT2D eigenvalue weighted by Gasteiger charge is 2.22. The summed E-state index contributed by atoms with van der Waals surface area (Å²) in [6, 6.07) is 0.838. The van der Waals surface area contributed by atoms with Crippen molar-refractivity contribution in [3.8, 4) is 0 Å². The summed E-state index contributed by atoms with van der Waals surface area (Å²) >= 11 is 0. The van der Waals surface area contributed by atoms with E-state index in [-0.39, 0.29) is 18.4 Å². The standard InChI is InChI=1S/C17H27N3O4/c1-6-20-11(4)8-13(12(20)5)16(22)18-9-15(21)19-14(17(23)24)7-10(2)3/h8,10,14H,6-7,9H2,1-5H3,(H,18,22)(H,19,21)(H,23,24)/t14-/m0/s1. The quantitative estimate of drug-likeness (QED) is 0.669.